The van der Waals surface area contributed by atoms with Gasteiger partial charge < -0.3 is 4.74 Å². The lowest BCUT2D eigenvalue weighted by molar-refractivity contribution is -0.139. The molecule has 0 bridgehead atoms. The molecule has 0 saturated carbocycles. The molecule has 6 nitrogen and oxygen atoms in total. The lowest BCUT2D eigenvalue weighted by Gasteiger charge is -2.39. The number of sulfone groups is 2. The molecule has 2 aliphatic carbocycles. The Bertz CT molecular complexity index is 1980. The highest BCUT2D eigenvalue weighted by Gasteiger charge is 2.40. The van der Waals surface area contributed by atoms with E-state index in [1.54, 1.807) is 24.3 Å². The number of hydrogen-bond donors (Lipinski definition) is 0. The van der Waals surface area contributed by atoms with E-state index < -0.39 is 24.9 Å². The van der Waals surface area contributed by atoms with E-state index in [2.05, 4.69) is 119 Å². The fraction of sp³-hybridized carbons (Fsp3) is 0.553. The van der Waals surface area contributed by atoms with Gasteiger partial charge in [0.05, 0.1) is 20.8 Å². The van der Waals surface area contributed by atoms with Crippen molar-refractivity contribution in [3.63, 3.8) is 0 Å². The zero-order valence-corrected chi connectivity index (χ0v) is 47.3. The minimum Gasteiger partial charge on any atom is -0.462 e. The summed E-state index contributed by atoms with van der Waals surface area (Å²) in [5.74, 6) is -0.0758. The van der Waals surface area contributed by atoms with Gasteiger partial charge in [-0.2, -0.15) is 0 Å². The summed E-state index contributed by atoms with van der Waals surface area (Å²) in [6.07, 6.45) is 12.0. The van der Waals surface area contributed by atoms with Gasteiger partial charge >= 0.3 is 5.97 Å². The molecule has 0 fully saturated rings. The number of carbonyl (C=O) groups excluding carboxylic acids is 1. The molecule has 0 spiro atoms. The van der Waals surface area contributed by atoms with Crippen molar-refractivity contribution in [2.24, 2.45) is 10.8 Å². The van der Waals surface area contributed by atoms with Gasteiger partial charge in [0.2, 0.25) is 0 Å². The van der Waals surface area contributed by atoms with Crippen molar-refractivity contribution in [1.82, 2.24) is 0 Å². The van der Waals surface area contributed by atoms with E-state index in [1.807, 2.05) is 51.1 Å². The highest BCUT2D eigenvalue weighted by atomic mass is 128. The number of benzene rings is 2. The quantitative estimate of drug-likeness (QED) is 0.0909. The third-order valence-corrected chi connectivity index (χ3v) is 15.6. The first-order valence-corrected chi connectivity index (χ1v) is 30.7. The number of rotatable bonds is 12. The molecule has 0 heterocycles. The van der Waals surface area contributed by atoms with Crippen molar-refractivity contribution in [2.45, 2.75) is 149 Å². The second-order valence-electron chi connectivity index (χ2n) is 17.0. The lowest BCUT2D eigenvalue weighted by Crippen LogP contribution is -2.34. The first-order valence-electron chi connectivity index (χ1n) is 20.1. The lowest BCUT2D eigenvalue weighted by atomic mass is 9.70. The monoisotopic (exact) mass is 1250 g/mol. The molecule has 0 aromatic heterocycles. The Morgan fingerprint density at radius 1 is 0.763 bits per heavy atom. The second-order valence-corrected chi connectivity index (χ2v) is 21.7. The van der Waals surface area contributed by atoms with Crippen LogP contribution < -0.4 is 0 Å². The van der Waals surface area contributed by atoms with Gasteiger partial charge in [0.25, 0.3) is 0 Å². The average molecular weight is 1260 g/mol. The largest absolute Gasteiger partial charge is 0.462 e. The van der Waals surface area contributed by atoms with Gasteiger partial charge in [0.1, 0.15) is 6.61 Å². The van der Waals surface area contributed by atoms with Crippen LogP contribution in [-0.4, -0.2) is 45.7 Å². The summed E-state index contributed by atoms with van der Waals surface area (Å²) < 4.78 is 57.2. The molecule has 0 radical (unpaired) electrons. The number of hydrogen-bond acceptors (Lipinski definition) is 6. The molecule has 59 heavy (non-hydrogen) atoms. The molecule has 0 aliphatic heterocycles. The molecule has 1 unspecified atom stereocenters. The first-order chi connectivity index (χ1) is 27.0. The number of ether oxygens (including phenoxy) is 1. The smallest absolute Gasteiger partial charge is 0.302 e. The van der Waals surface area contributed by atoms with Crippen LogP contribution in [0.4, 0.5) is 0 Å². The van der Waals surface area contributed by atoms with Crippen LogP contribution in [0, 0.1) is 24.7 Å². The van der Waals surface area contributed by atoms with Gasteiger partial charge in [0.15, 0.2) is 19.7 Å². The summed E-state index contributed by atoms with van der Waals surface area (Å²) in [5.41, 5.74) is 9.21. The molecule has 0 amide bonds. The van der Waals surface area contributed by atoms with Crippen LogP contribution >= 0.6 is 77.1 Å². The minimum atomic E-state index is -3.43. The predicted molar refractivity (Wildman–Crippen MR) is 282 cm³/mol. The maximum atomic E-state index is 13.7. The van der Waals surface area contributed by atoms with E-state index in [0.29, 0.717) is 22.8 Å². The highest BCUT2D eigenvalue weighted by molar-refractivity contribution is 15.0. The second kappa shape index (κ2) is 27.6. The van der Waals surface area contributed by atoms with Gasteiger partial charge in [-0.05, 0) is 140 Å². The van der Waals surface area contributed by atoms with Crippen LogP contribution in [-0.2, 0) is 29.2 Å². The number of esters is 1. The molecule has 334 valence electrons. The van der Waals surface area contributed by atoms with Crippen LogP contribution in [0.15, 0.2) is 104 Å². The number of alkyl halides is 1. The minimum absolute atomic E-state index is 0. The van der Waals surface area contributed by atoms with Gasteiger partial charge in [-0.3, -0.25) is 4.79 Å². The van der Waals surface area contributed by atoms with Gasteiger partial charge in [-0.25, -0.2) is 16.8 Å². The number of aryl methyl sites for hydroxylation is 2. The molecular formula is C47H70BrI3O6S2. The summed E-state index contributed by atoms with van der Waals surface area (Å²) >= 11 is 7.51. The van der Waals surface area contributed by atoms with Crippen LogP contribution in [0.5, 0.6) is 0 Å². The zero-order chi connectivity index (χ0) is 44.5. The van der Waals surface area contributed by atoms with Crippen molar-refractivity contribution < 1.29 is 26.4 Å². The Morgan fingerprint density at radius 2 is 1.24 bits per heavy atom. The van der Waals surface area contributed by atoms with Crippen molar-refractivity contribution in [3.8, 4) is 0 Å². The fourth-order valence-corrected chi connectivity index (χ4v) is 11.8. The van der Waals surface area contributed by atoms with Gasteiger partial charge in [0, 0.05) is 49.5 Å². The Hall–Kier alpha value is -0.560. The van der Waals surface area contributed by atoms with E-state index >= 15 is 0 Å². The van der Waals surface area contributed by atoms with E-state index in [1.165, 1.54) is 23.6 Å². The zero-order valence-electron chi connectivity index (χ0n) is 37.4. The molecule has 12 heteroatoms. The molecule has 0 N–H and O–H groups in total. The molecule has 1 atom stereocenters. The van der Waals surface area contributed by atoms with Gasteiger partial charge in [-0.15, -0.1) is 24.0 Å². The molecule has 2 aliphatic rings. The average Bonchev–Trinajstić information content (AvgIpc) is 3.14. The van der Waals surface area contributed by atoms with Gasteiger partial charge in [-0.1, -0.05) is 120 Å². The molecule has 0 saturated heterocycles. The topological polar surface area (TPSA) is 94.6 Å². The Morgan fingerprint density at radius 3 is 1.68 bits per heavy atom. The Kier molecular flexibility index (Phi) is 27.3. The van der Waals surface area contributed by atoms with Crippen molar-refractivity contribution in [3.05, 3.63) is 105 Å². The summed E-state index contributed by atoms with van der Waals surface area (Å²) in [4.78, 5) is 11.1. The number of carbonyl (C=O) groups is 1. The van der Waals surface area contributed by atoms with E-state index in [4.69, 9.17) is 0 Å². The standard InChI is InChI=1S/C23H34O2S.C17H24O2S.C7H11BrO2.I2.HI/c1-7-9-18(3)16-21(22-19(4)10-8-15-23(22,5)6)26(24,25)20-13-11-17(2)12-14-20;1-13-7-9-15(10-8-13)20(18,19)12-16-14(2)6-5-11-17(16,3)4;1-6(5-8)3-4-10-7(2)9;1-2;/h9,11-14,21H,7-8,10,15-16H2,1-6H3;7-10H,5-6,11-12H2,1-4H3;3H,4-5H2,1-2H3;;1H. The van der Waals surface area contributed by atoms with Crippen LogP contribution in [0.3, 0.4) is 0 Å². The van der Waals surface area contributed by atoms with Crippen molar-refractivity contribution in [1.29, 1.82) is 0 Å². The van der Waals surface area contributed by atoms with E-state index in [0.717, 1.165) is 78.1 Å². The summed E-state index contributed by atoms with van der Waals surface area (Å²) in [6, 6.07) is 14.5. The Balaban J connectivity index is 0.000000904. The third-order valence-electron chi connectivity index (χ3n) is 11.0. The van der Waals surface area contributed by atoms with Crippen LogP contribution in [0.25, 0.3) is 0 Å². The highest BCUT2D eigenvalue weighted by Crippen LogP contribution is 2.46. The summed E-state index contributed by atoms with van der Waals surface area (Å²) in [5, 5.41) is 0.358. The molecule has 2 aromatic carbocycles. The molecule has 2 aromatic rings. The maximum absolute atomic E-state index is 13.7. The van der Waals surface area contributed by atoms with E-state index in [-0.39, 0.29) is 46.5 Å². The molecule has 4 rings (SSSR count). The summed E-state index contributed by atoms with van der Waals surface area (Å²) in [6.45, 7) is 24.8. The van der Waals surface area contributed by atoms with E-state index in [9.17, 15) is 21.6 Å². The Labute approximate surface area is 408 Å². The SMILES string of the molecule is CC(=O)OCC=C(C)CBr.CC1=C(CS(=O)(=O)c2ccc(C)cc2)C(C)(C)CCC1.CCC=C(C)CC(C1=C(C)CCCC1(C)C)S(=O)(=O)c1ccc(C)cc1.I.II. The fourth-order valence-electron chi connectivity index (χ4n) is 7.70. The van der Waals surface area contributed by atoms with Crippen molar-refractivity contribution >= 4 is 103 Å². The maximum Gasteiger partial charge on any atom is 0.302 e. The van der Waals surface area contributed by atoms with Crippen LogP contribution in [0.1, 0.15) is 132 Å². The van der Waals surface area contributed by atoms with Crippen LogP contribution in [0.2, 0.25) is 0 Å². The number of halogens is 4. The predicted octanol–water partition coefficient (Wildman–Crippen LogP) is 15.0. The normalized spacial score (nSPS) is 17.1. The first kappa shape index (κ1) is 58.4. The number of allylic oxidation sites excluding steroid dienone is 5. The molecular weight excluding hydrogens is 1190 g/mol. The summed E-state index contributed by atoms with van der Waals surface area (Å²) in [7, 11) is -6.67. The third kappa shape index (κ3) is 19.4. The van der Waals surface area contributed by atoms with Crippen molar-refractivity contribution in [2.75, 3.05) is 17.7 Å².